The van der Waals surface area contributed by atoms with Crippen molar-refractivity contribution in [1.82, 2.24) is 4.83 Å². The predicted octanol–water partition coefficient (Wildman–Crippen LogP) is 4.60. The zero-order valence-corrected chi connectivity index (χ0v) is 17.8. The molecule has 0 heterocycles. The Bertz CT molecular complexity index is 1420. The Balaban J connectivity index is 1.46. The molecule has 0 amide bonds. The Labute approximate surface area is 186 Å². The maximum absolute atomic E-state index is 12.6. The second kappa shape index (κ2) is 9.33. The molecule has 0 fully saturated rings. The average molecular weight is 442 g/mol. The molecule has 0 aliphatic heterocycles. The van der Waals surface area contributed by atoms with E-state index in [-0.39, 0.29) is 4.90 Å². The van der Waals surface area contributed by atoms with Crippen molar-refractivity contribution in [1.29, 1.82) is 5.26 Å². The minimum atomic E-state index is -3.81. The van der Waals surface area contributed by atoms with Gasteiger partial charge < -0.3 is 4.74 Å². The number of benzene rings is 4. The molecule has 0 atom stereocenters. The number of sulfonamides is 1. The summed E-state index contributed by atoms with van der Waals surface area (Å²) in [6.07, 6.45) is 1.41. The molecule has 1 N–H and O–H groups in total. The third kappa shape index (κ3) is 4.94. The molecule has 0 radical (unpaired) electrons. The van der Waals surface area contributed by atoms with E-state index in [4.69, 9.17) is 10.00 Å². The molecule has 0 bridgehead atoms. The molecular formula is C25H19N3O3S. The van der Waals surface area contributed by atoms with Gasteiger partial charge in [-0.1, -0.05) is 54.6 Å². The van der Waals surface area contributed by atoms with Gasteiger partial charge in [-0.3, -0.25) is 0 Å². The Morgan fingerprint density at radius 2 is 1.62 bits per heavy atom. The first-order chi connectivity index (χ1) is 15.5. The van der Waals surface area contributed by atoms with Crippen molar-refractivity contribution in [2.24, 2.45) is 5.10 Å². The molecule has 7 heteroatoms. The molecule has 0 aliphatic rings. The number of nitrogens with zero attached hydrogens (tertiary/aromatic N) is 2. The normalized spacial score (nSPS) is 11.3. The molecular weight excluding hydrogens is 422 g/mol. The molecule has 0 saturated carbocycles. The fourth-order valence-corrected chi connectivity index (χ4v) is 3.93. The van der Waals surface area contributed by atoms with E-state index in [0.717, 1.165) is 16.3 Å². The first kappa shape index (κ1) is 21.1. The van der Waals surface area contributed by atoms with Crippen molar-refractivity contribution >= 4 is 27.0 Å². The fourth-order valence-electron chi connectivity index (χ4n) is 3.11. The largest absolute Gasteiger partial charge is 0.488 e. The lowest BCUT2D eigenvalue weighted by Gasteiger charge is -2.09. The number of hydrogen-bond donors (Lipinski definition) is 1. The molecule has 0 aromatic heterocycles. The molecule has 0 aliphatic carbocycles. The molecule has 6 nitrogen and oxygen atoms in total. The SMILES string of the molecule is N#Cc1ccc(COc2ccccc2C=NNS(=O)(=O)c2ccc3ccccc3c2)cc1. The Morgan fingerprint density at radius 1 is 0.906 bits per heavy atom. The number of para-hydroxylation sites is 1. The summed E-state index contributed by atoms with van der Waals surface area (Å²) in [6.45, 7) is 0.305. The van der Waals surface area contributed by atoms with Crippen LogP contribution >= 0.6 is 0 Å². The van der Waals surface area contributed by atoms with E-state index in [1.807, 2.05) is 48.5 Å². The number of fused-ring (bicyclic) bond motifs is 1. The van der Waals surface area contributed by atoms with Gasteiger partial charge in [-0.25, -0.2) is 4.83 Å². The van der Waals surface area contributed by atoms with Crippen LogP contribution in [0.3, 0.4) is 0 Å². The summed E-state index contributed by atoms with van der Waals surface area (Å²) in [6, 6.07) is 28.9. The van der Waals surface area contributed by atoms with Gasteiger partial charge in [-0.15, -0.1) is 0 Å². The van der Waals surface area contributed by atoms with E-state index in [0.29, 0.717) is 23.5 Å². The maximum Gasteiger partial charge on any atom is 0.276 e. The number of hydrogen-bond acceptors (Lipinski definition) is 5. The number of nitrogens with one attached hydrogen (secondary N) is 1. The van der Waals surface area contributed by atoms with Crippen LogP contribution in [0.4, 0.5) is 0 Å². The van der Waals surface area contributed by atoms with Crippen LogP contribution < -0.4 is 9.57 Å². The monoisotopic (exact) mass is 441 g/mol. The van der Waals surface area contributed by atoms with E-state index >= 15 is 0 Å². The molecule has 4 aromatic rings. The van der Waals surface area contributed by atoms with Crippen LogP contribution in [0.5, 0.6) is 5.75 Å². The number of ether oxygens (including phenoxy) is 1. The van der Waals surface area contributed by atoms with Crippen LogP contribution in [0.15, 0.2) is 101 Å². The van der Waals surface area contributed by atoms with E-state index in [1.165, 1.54) is 6.21 Å². The smallest absolute Gasteiger partial charge is 0.276 e. The van der Waals surface area contributed by atoms with Gasteiger partial charge >= 0.3 is 0 Å². The summed E-state index contributed by atoms with van der Waals surface area (Å²) in [7, 11) is -3.81. The van der Waals surface area contributed by atoms with Crippen molar-refractivity contribution in [2.45, 2.75) is 11.5 Å². The number of nitriles is 1. The molecule has 4 aromatic carbocycles. The van der Waals surface area contributed by atoms with Crippen molar-refractivity contribution in [3.05, 3.63) is 108 Å². The van der Waals surface area contributed by atoms with Crippen molar-refractivity contribution in [2.75, 3.05) is 0 Å². The second-order valence-corrected chi connectivity index (χ2v) is 8.66. The molecule has 158 valence electrons. The third-order valence-electron chi connectivity index (χ3n) is 4.80. The minimum absolute atomic E-state index is 0.138. The van der Waals surface area contributed by atoms with Gasteiger partial charge in [-0.05, 0) is 52.7 Å². The van der Waals surface area contributed by atoms with Crippen LogP contribution in [-0.2, 0) is 16.6 Å². The standard InChI is InChI=1S/C25H19N3O3S/c26-16-19-9-11-20(12-10-19)18-31-25-8-4-3-7-23(25)17-27-28-32(29,30)24-14-13-21-5-1-2-6-22(21)15-24/h1-15,17,28H,18H2. The van der Waals surface area contributed by atoms with Gasteiger partial charge in [0.25, 0.3) is 10.0 Å². The summed E-state index contributed by atoms with van der Waals surface area (Å²) >= 11 is 0. The van der Waals surface area contributed by atoms with Crippen LogP contribution in [0.2, 0.25) is 0 Å². The van der Waals surface area contributed by atoms with Gasteiger partial charge in [-0.2, -0.15) is 18.8 Å². The lowest BCUT2D eigenvalue weighted by Crippen LogP contribution is -2.18. The fraction of sp³-hybridized carbons (Fsp3) is 0.0400. The summed E-state index contributed by atoms with van der Waals surface area (Å²) in [5.41, 5.74) is 2.12. The summed E-state index contributed by atoms with van der Waals surface area (Å²) < 4.78 is 31.1. The highest BCUT2D eigenvalue weighted by atomic mass is 32.2. The highest BCUT2D eigenvalue weighted by molar-refractivity contribution is 7.89. The first-order valence-corrected chi connectivity index (χ1v) is 11.3. The minimum Gasteiger partial charge on any atom is -0.488 e. The van der Waals surface area contributed by atoms with E-state index in [9.17, 15) is 8.42 Å². The quantitative estimate of drug-likeness (QED) is 0.335. The highest BCUT2D eigenvalue weighted by Gasteiger charge is 2.13. The average Bonchev–Trinajstić information content (AvgIpc) is 2.83. The Morgan fingerprint density at radius 3 is 2.41 bits per heavy atom. The maximum atomic E-state index is 12.6. The topological polar surface area (TPSA) is 91.5 Å². The van der Waals surface area contributed by atoms with Gasteiger partial charge in [0.05, 0.1) is 22.7 Å². The lowest BCUT2D eigenvalue weighted by molar-refractivity contribution is 0.306. The Hall–Kier alpha value is -4.15. The zero-order valence-electron chi connectivity index (χ0n) is 17.0. The predicted molar refractivity (Wildman–Crippen MR) is 124 cm³/mol. The highest BCUT2D eigenvalue weighted by Crippen LogP contribution is 2.20. The van der Waals surface area contributed by atoms with Crippen molar-refractivity contribution in [3.8, 4) is 11.8 Å². The van der Waals surface area contributed by atoms with E-state index < -0.39 is 10.0 Å². The van der Waals surface area contributed by atoms with E-state index in [1.54, 1.807) is 42.5 Å². The summed E-state index contributed by atoms with van der Waals surface area (Å²) in [5, 5.41) is 14.6. The molecule has 0 unspecified atom stereocenters. The van der Waals surface area contributed by atoms with Crippen molar-refractivity contribution < 1.29 is 13.2 Å². The van der Waals surface area contributed by atoms with E-state index in [2.05, 4.69) is 16.0 Å². The number of rotatable bonds is 7. The summed E-state index contributed by atoms with van der Waals surface area (Å²) in [4.78, 5) is 2.40. The number of hydrazone groups is 1. The zero-order chi connectivity index (χ0) is 22.4. The molecule has 32 heavy (non-hydrogen) atoms. The second-order valence-electron chi connectivity index (χ2n) is 7.00. The van der Waals surface area contributed by atoms with Crippen molar-refractivity contribution in [3.63, 3.8) is 0 Å². The van der Waals surface area contributed by atoms with Gasteiger partial charge in [0.15, 0.2) is 0 Å². The van der Waals surface area contributed by atoms with Gasteiger partial charge in [0, 0.05) is 5.56 Å². The van der Waals surface area contributed by atoms with Crippen LogP contribution in [0.1, 0.15) is 16.7 Å². The van der Waals surface area contributed by atoms with Gasteiger partial charge in [0.2, 0.25) is 0 Å². The van der Waals surface area contributed by atoms with Crippen LogP contribution in [0.25, 0.3) is 10.8 Å². The third-order valence-corrected chi connectivity index (χ3v) is 6.02. The Kier molecular flexibility index (Phi) is 6.15. The summed E-state index contributed by atoms with van der Waals surface area (Å²) in [5.74, 6) is 0.561. The van der Waals surface area contributed by atoms with Crippen LogP contribution in [0, 0.1) is 11.3 Å². The lowest BCUT2D eigenvalue weighted by atomic mass is 10.1. The molecule has 0 spiro atoms. The first-order valence-electron chi connectivity index (χ1n) is 9.80. The van der Waals surface area contributed by atoms with Gasteiger partial charge in [0.1, 0.15) is 12.4 Å². The molecule has 4 rings (SSSR count). The molecule has 0 saturated heterocycles. The van der Waals surface area contributed by atoms with Crippen LogP contribution in [-0.4, -0.2) is 14.6 Å².